The summed E-state index contributed by atoms with van der Waals surface area (Å²) in [5.41, 5.74) is 0. The molecule has 1 unspecified atom stereocenters. The van der Waals surface area contributed by atoms with Crippen LogP contribution < -0.4 is 105 Å². The van der Waals surface area contributed by atoms with Gasteiger partial charge in [-0.1, -0.05) is 0 Å². The topological polar surface area (TPSA) is 120 Å². The molecule has 1 atom stereocenters. The fourth-order valence-electron chi connectivity index (χ4n) is 0. The summed E-state index contributed by atoms with van der Waals surface area (Å²) in [5, 5.41) is 17.3. The molecule has 0 aliphatic heterocycles. The number of aliphatic hydroxyl groups excluding tert-OH is 1. The van der Waals surface area contributed by atoms with Crippen LogP contribution in [0.25, 0.3) is 0 Å². The van der Waals surface area contributed by atoms with E-state index in [9.17, 15) is 9.90 Å². The van der Waals surface area contributed by atoms with Crippen LogP contribution in [-0.2, 0) is 4.79 Å². The van der Waals surface area contributed by atoms with Crippen molar-refractivity contribution >= 4 is 5.97 Å². The number of aliphatic carboxylic acids is 1. The maximum absolute atomic E-state index is 9.34. The predicted molar refractivity (Wildman–Crippen MR) is 20.6 cm³/mol. The number of carboxylic acid groups (broad SMARTS) is 1. The van der Waals surface area contributed by atoms with Gasteiger partial charge < -0.3 is 26.0 Å². The Kier molecular flexibility index (Phi) is 77.9. The van der Waals surface area contributed by atoms with E-state index in [1.54, 1.807) is 0 Å². The van der Waals surface area contributed by atoms with Crippen LogP contribution >= 0.6 is 0 Å². The second-order valence-corrected chi connectivity index (χ2v) is 0.995. The molecule has 0 fully saturated rings. The minimum atomic E-state index is -1.44. The molecule has 0 aromatic rings. The molecular weight excluding hydrogens is 185 g/mol. The van der Waals surface area contributed by atoms with Gasteiger partial charge in [-0.3, -0.25) is 0 Å². The summed E-state index contributed by atoms with van der Waals surface area (Å²) in [6, 6.07) is 0. The average molecular weight is 192 g/mol. The Morgan fingerprint density at radius 1 is 1.45 bits per heavy atom. The van der Waals surface area contributed by atoms with Crippen LogP contribution in [0.15, 0.2) is 0 Å². The van der Waals surface area contributed by atoms with Crippen LogP contribution in [0.4, 0.5) is 0 Å². The first kappa shape index (κ1) is 37.4. The van der Waals surface area contributed by atoms with E-state index in [0.717, 1.165) is 6.92 Å². The number of aliphatic hydroxyl groups is 1. The molecule has 0 aromatic heterocycles. The van der Waals surface area contributed by atoms with Crippen molar-refractivity contribution in [1.82, 2.24) is 0 Å². The summed E-state index contributed by atoms with van der Waals surface area (Å²) >= 11 is 0. The van der Waals surface area contributed by atoms with Crippen LogP contribution in [0.1, 0.15) is 6.92 Å². The number of hydrogen-bond acceptors (Lipinski definition) is 5. The molecule has 0 saturated heterocycles. The van der Waals surface area contributed by atoms with E-state index in [4.69, 9.17) is 5.11 Å². The first-order valence-corrected chi connectivity index (χ1v) is 1.53. The Hall–Kier alpha value is 2.58. The standard InChI is InChI=1S/C3H6O3.K.Li.Na.2H2O/c1-2(4)3(5)6;;;;;/h2,4H,1H3,(H,5,6);;;;2*1H2/q;3*+1;;/p-3. The third kappa shape index (κ3) is 32.5. The van der Waals surface area contributed by atoms with E-state index in [2.05, 4.69) is 0 Å². The molecule has 0 saturated carbocycles. The quantitative estimate of drug-likeness (QED) is 0.413. The van der Waals surface area contributed by atoms with Gasteiger partial charge in [0.05, 0.1) is 12.1 Å². The molecule has 0 heterocycles. The first-order chi connectivity index (χ1) is 2.64. The summed E-state index contributed by atoms with van der Waals surface area (Å²) in [7, 11) is 0. The molecule has 0 spiro atoms. The molecule has 52 valence electrons. The zero-order valence-corrected chi connectivity index (χ0v) is 12.4. The Morgan fingerprint density at radius 3 is 1.55 bits per heavy atom. The molecule has 8 heteroatoms. The Labute approximate surface area is 142 Å². The third-order valence-corrected chi connectivity index (χ3v) is 0.341. The van der Waals surface area contributed by atoms with E-state index in [0.29, 0.717) is 0 Å². The Bertz CT molecular complexity index is 72.7. The zero-order valence-electron chi connectivity index (χ0n) is 7.24. The molecule has 5 nitrogen and oxygen atoms in total. The van der Waals surface area contributed by atoms with E-state index >= 15 is 0 Å². The smallest absolute Gasteiger partial charge is 0.870 e. The van der Waals surface area contributed by atoms with Gasteiger partial charge in [0, 0.05) is 0 Å². The van der Waals surface area contributed by atoms with Gasteiger partial charge in [0.25, 0.3) is 0 Å². The summed E-state index contributed by atoms with van der Waals surface area (Å²) in [6.07, 6.45) is -1.34. The van der Waals surface area contributed by atoms with Gasteiger partial charge in [0.2, 0.25) is 0 Å². The van der Waals surface area contributed by atoms with E-state index in [1.165, 1.54) is 0 Å². The average Bonchev–Trinajstić information content (AvgIpc) is 1.36. The first-order valence-electron chi connectivity index (χ1n) is 1.53. The van der Waals surface area contributed by atoms with E-state index < -0.39 is 12.1 Å². The number of carbonyl (C=O) groups excluding carboxylic acids is 1. The molecule has 0 amide bonds. The van der Waals surface area contributed by atoms with Crippen LogP contribution in [0.2, 0.25) is 0 Å². The fraction of sp³-hybridized carbons (Fsp3) is 0.667. The molecule has 0 bridgehead atoms. The zero-order chi connectivity index (χ0) is 5.15. The van der Waals surface area contributed by atoms with Crippen LogP contribution in [0.5, 0.6) is 0 Å². The van der Waals surface area contributed by atoms with Gasteiger partial charge in [-0.15, -0.1) is 0 Å². The van der Waals surface area contributed by atoms with Gasteiger partial charge in [0.15, 0.2) is 0 Å². The van der Waals surface area contributed by atoms with Crippen molar-refractivity contribution in [1.29, 1.82) is 0 Å². The van der Waals surface area contributed by atoms with Crippen LogP contribution in [0, 0.1) is 0 Å². The summed E-state index contributed by atoms with van der Waals surface area (Å²) in [4.78, 5) is 9.34. The second-order valence-electron chi connectivity index (χ2n) is 0.995. The van der Waals surface area contributed by atoms with Crippen LogP contribution in [-0.4, -0.2) is 28.1 Å². The molecule has 0 radical (unpaired) electrons. The summed E-state index contributed by atoms with van der Waals surface area (Å²) in [6.45, 7) is 1.13. The van der Waals surface area contributed by atoms with E-state index in [-0.39, 0.29) is 111 Å². The van der Waals surface area contributed by atoms with E-state index in [1.807, 2.05) is 0 Å². The number of carboxylic acids is 1. The normalized spacial score (nSPS) is 7.45. The number of carbonyl (C=O) groups is 1. The second kappa shape index (κ2) is 22.9. The fourth-order valence-corrected chi connectivity index (χ4v) is 0. The maximum Gasteiger partial charge on any atom is 1.00 e. The predicted octanol–water partition coefficient (Wildman–Crippen LogP) is -11.2. The molecular formula is C3H7KLiNaO5. The number of hydrogen-bond donors (Lipinski definition) is 1. The Morgan fingerprint density at radius 2 is 1.55 bits per heavy atom. The third-order valence-electron chi connectivity index (χ3n) is 0.341. The minimum absolute atomic E-state index is 0. The molecule has 0 rings (SSSR count). The van der Waals surface area contributed by atoms with Crippen molar-refractivity contribution in [3.8, 4) is 0 Å². The summed E-state index contributed by atoms with van der Waals surface area (Å²) in [5.74, 6) is -1.44. The molecule has 0 aromatic carbocycles. The van der Waals surface area contributed by atoms with Crippen molar-refractivity contribution in [2.75, 3.05) is 0 Å². The SMILES string of the molecule is CC(O)C(=O)[O-].[K+].[Li+].[Na+].[OH-].[OH-]. The molecule has 0 aliphatic rings. The van der Waals surface area contributed by atoms with Crippen LogP contribution in [0.3, 0.4) is 0 Å². The van der Waals surface area contributed by atoms with Gasteiger partial charge >= 0.3 is 99.8 Å². The largest absolute Gasteiger partial charge is 1.00 e. The molecule has 3 N–H and O–H groups in total. The summed E-state index contributed by atoms with van der Waals surface area (Å²) < 4.78 is 0. The van der Waals surface area contributed by atoms with Crippen molar-refractivity contribution in [2.45, 2.75) is 13.0 Å². The Balaban J connectivity index is -0.0000000125. The van der Waals surface area contributed by atoms with Crippen molar-refractivity contribution in [3.63, 3.8) is 0 Å². The van der Waals surface area contributed by atoms with Gasteiger partial charge in [0.1, 0.15) is 0 Å². The minimum Gasteiger partial charge on any atom is -0.870 e. The maximum atomic E-state index is 9.34. The van der Waals surface area contributed by atoms with Gasteiger partial charge in [-0.25, -0.2) is 0 Å². The van der Waals surface area contributed by atoms with Gasteiger partial charge in [-0.05, 0) is 6.92 Å². The number of rotatable bonds is 1. The van der Waals surface area contributed by atoms with Crippen molar-refractivity contribution < 1.29 is 126 Å². The molecule has 11 heavy (non-hydrogen) atoms. The molecule has 0 aliphatic carbocycles. The van der Waals surface area contributed by atoms with Crippen molar-refractivity contribution in [2.24, 2.45) is 0 Å². The van der Waals surface area contributed by atoms with Gasteiger partial charge in [-0.2, -0.15) is 0 Å². The monoisotopic (exact) mass is 192 g/mol. The van der Waals surface area contributed by atoms with Crippen molar-refractivity contribution in [3.05, 3.63) is 0 Å².